The molecule has 1 aliphatic heterocycles. The predicted octanol–water partition coefficient (Wildman–Crippen LogP) is 5.84. The average Bonchev–Trinajstić information content (AvgIpc) is 3.02. The standard InChI is InChI=1S/C21H16F3N3O2S.C2HF3O2/c1-13-19(28)27(15-6-8-16(9-7-15)30-21(22,23)24)20(29)26(13)12-14-10-11-25-18-5-3-2-4-17(14)18;3-2(4,5)1(6)7/h2-11,13H,12H2,1H3;(H,6,7)/t13-;/m0./s1. The molecule has 0 radical (unpaired) electrons. The van der Waals surface area contributed by atoms with Gasteiger partial charge in [-0.2, -0.15) is 26.3 Å². The van der Waals surface area contributed by atoms with Crippen LogP contribution in [0.1, 0.15) is 12.5 Å². The SMILES string of the molecule is C[C@H]1C(=O)N(c2ccc(SC(F)(F)F)cc2)C(=O)N1Cc1ccnc2ccccc12.O=C(O)C(F)(F)F. The van der Waals surface area contributed by atoms with Crippen molar-refractivity contribution in [3.05, 3.63) is 66.4 Å². The number of urea groups is 1. The van der Waals surface area contributed by atoms with Gasteiger partial charge < -0.3 is 10.0 Å². The first-order chi connectivity index (χ1) is 17.2. The Bertz CT molecular complexity index is 1310. The minimum atomic E-state index is -5.08. The first-order valence-corrected chi connectivity index (χ1v) is 11.1. The summed E-state index contributed by atoms with van der Waals surface area (Å²) in [4.78, 5) is 41.4. The lowest BCUT2D eigenvalue weighted by atomic mass is 10.1. The zero-order chi connectivity index (χ0) is 27.5. The number of pyridine rings is 1. The second kappa shape index (κ2) is 10.7. The Labute approximate surface area is 209 Å². The normalized spacial score (nSPS) is 16.1. The minimum absolute atomic E-state index is 0.0153. The quantitative estimate of drug-likeness (QED) is 0.252. The number of rotatable bonds is 4. The molecule has 1 atom stereocenters. The summed E-state index contributed by atoms with van der Waals surface area (Å²) < 4.78 is 69.3. The maximum atomic E-state index is 13.0. The van der Waals surface area contributed by atoms with Crippen LogP contribution in [-0.4, -0.2) is 50.6 Å². The molecular weight excluding hydrogens is 528 g/mol. The second-order valence-corrected chi connectivity index (χ2v) is 8.73. The summed E-state index contributed by atoms with van der Waals surface area (Å²) in [5.41, 5.74) is -2.52. The van der Waals surface area contributed by atoms with Crippen molar-refractivity contribution in [3.63, 3.8) is 0 Å². The minimum Gasteiger partial charge on any atom is -0.475 e. The van der Waals surface area contributed by atoms with Crippen molar-refractivity contribution in [1.82, 2.24) is 9.88 Å². The van der Waals surface area contributed by atoms with Gasteiger partial charge >= 0.3 is 23.7 Å². The van der Waals surface area contributed by atoms with E-state index in [2.05, 4.69) is 4.98 Å². The number of thioether (sulfide) groups is 1. The summed E-state index contributed by atoms with van der Waals surface area (Å²) in [7, 11) is 0. The molecule has 3 amide bonds. The van der Waals surface area contributed by atoms with E-state index in [1.54, 1.807) is 19.2 Å². The highest BCUT2D eigenvalue weighted by atomic mass is 32.2. The van der Waals surface area contributed by atoms with Gasteiger partial charge in [0.1, 0.15) is 6.04 Å². The van der Waals surface area contributed by atoms with Crippen LogP contribution in [0.25, 0.3) is 10.9 Å². The largest absolute Gasteiger partial charge is 0.490 e. The molecule has 14 heteroatoms. The van der Waals surface area contributed by atoms with E-state index in [1.807, 2.05) is 24.3 Å². The molecule has 4 rings (SSSR count). The number of fused-ring (bicyclic) bond motifs is 1. The fraction of sp³-hybridized carbons (Fsp3) is 0.217. The lowest BCUT2D eigenvalue weighted by Crippen LogP contribution is -2.33. The lowest BCUT2D eigenvalue weighted by Gasteiger charge is -2.20. The molecule has 1 aliphatic rings. The van der Waals surface area contributed by atoms with Gasteiger partial charge in [-0.05, 0) is 60.6 Å². The number of aromatic nitrogens is 1. The van der Waals surface area contributed by atoms with Crippen molar-refractivity contribution in [2.75, 3.05) is 4.90 Å². The van der Waals surface area contributed by atoms with Gasteiger partial charge in [0.25, 0.3) is 5.91 Å². The van der Waals surface area contributed by atoms with E-state index in [4.69, 9.17) is 9.90 Å². The number of nitrogens with zero attached hydrogens (tertiary/aromatic N) is 3. The van der Waals surface area contributed by atoms with Crippen molar-refractivity contribution < 1.29 is 45.8 Å². The lowest BCUT2D eigenvalue weighted by molar-refractivity contribution is -0.192. The van der Waals surface area contributed by atoms with Crippen molar-refractivity contribution in [2.45, 2.75) is 36.1 Å². The van der Waals surface area contributed by atoms with Crippen LogP contribution in [0.3, 0.4) is 0 Å². The molecule has 0 aliphatic carbocycles. The number of hydrogen-bond donors (Lipinski definition) is 1. The number of carbonyl (C=O) groups excluding carboxylic acids is 2. The Kier molecular flexibility index (Phi) is 8.00. The molecule has 37 heavy (non-hydrogen) atoms. The topological polar surface area (TPSA) is 90.8 Å². The molecule has 0 bridgehead atoms. The number of amides is 3. The summed E-state index contributed by atoms with van der Waals surface area (Å²) >= 11 is -0.247. The summed E-state index contributed by atoms with van der Waals surface area (Å²) in [6.45, 7) is 1.85. The molecule has 0 spiro atoms. The van der Waals surface area contributed by atoms with E-state index >= 15 is 0 Å². The van der Waals surface area contributed by atoms with Crippen molar-refractivity contribution in [1.29, 1.82) is 0 Å². The van der Waals surface area contributed by atoms with Crippen LogP contribution in [0.15, 0.2) is 65.7 Å². The number of para-hydroxylation sites is 1. The zero-order valence-corrected chi connectivity index (χ0v) is 19.6. The highest BCUT2D eigenvalue weighted by Gasteiger charge is 2.43. The van der Waals surface area contributed by atoms with Crippen LogP contribution >= 0.6 is 11.8 Å². The molecule has 3 aromatic rings. The monoisotopic (exact) mass is 545 g/mol. The van der Waals surface area contributed by atoms with Gasteiger partial charge in [-0.25, -0.2) is 14.5 Å². The number of hydrogen-bond acceptors (Lipinski definition) is 5. The third kappa shape index (κ3) is 6.70. The maximum absolute atomic E-state index is 13.0. The van der Waals surface area contributed by atoms with Crippen LogP contribution in [0, 0.1) is 0 Å². The van der Waals surface area contributed by atoms with Gasteiger partial charge in [0.15, 0.2) is 0 Å². The van der Waals surface area contributed by atoms with Gasteiger partial charge in [-0.3, -0.25) is 9.78 Å². The molecule has 0 saturated carbocycles. The van der Waals surface area contributed by atoms with Crippen molar-refractivity contribution >= 4 is 46.3 Å². The van der Waals surface area contributed by atoms with Crippen LogP contribution < -0.4 is 4.90 Å². The number of aliphatic carboxylic acids is 1. The molecule has 196 valence electrons. The molecule has 0 unspecified atom stereocenters. The van der Waals surface area contributed by atoms with Crippen molar-refractivity contribution in [2.24, 2.45) is 0 Å². The molecule has 1 saturated heterocycles. The van der Waals surface area contributed by atoms with Gasteiger partial charge in [0.05, 0.1) is 11.2 Å². The van der Waals surface area contributed by atoms with E-state index < -0.39 is 35.6 Å². The number of carboxylic acid groups (broad SMARTS) is 1. The third-order valence-corrected chi connectivity index (χ3v) is 5.87. The number of carbonyl (C=O) groups is 3. The molecule has 2 heterocycles. The Morgan fingerprint density at radius 2 is 1.59 bits per heavy atom. The predicted molar refractivity (Wildman–Crippen MR) is 122 cm³/mol. The van der Waals surface area contributed by atoms with Gasteiger partial charge in [-0.1, -0.05) is 18.2 Å². The molecular formula is C23H17F6N3O4S. The Morgan fingerprint density at radius 1 is 1.00 bits per heavy atom. The van der Waals surface area contributed by atoms with E-state index in [-0.39, 0.29) is 28.9 Å². The van der Waals surface area contributed by atoms with E-state index in [0.29, 0.717) is 0 Å². The number of alkyl halides is 6. The van der Waals surface area contributed by atoms with Crippen LogP contribution in [0.4, 0.5) is 36.8 Å². The zero-order valence-electron chi connectivity index (χ0n) is 18.7. The van der Waals surface area contributed by atoms with Gasteiger partial charge in [0, 0.05) is 23.0 Å². The fourth-order valence-electron chi connectivity index (χ4n) is 3.42. The Balaban J connectivity index is 0.000000479. The van der Waals surface area contributed by atoms with Gasteiger partial charge in [-0.15, -0.1) is 0 Å². The third-order valence-electron chi connectivity index (χ3n) is 5.13. The van der Waals surface area contributed by atoms with Crippen LogP contribution in [0.2, 0.25) is 0 Å². The van der Waals surface area contributed by atoms with E-state index in [0.717, 1.165) is 21.4 Å². The fourth-order valence-corrected chi connectivity index (χ4v) is 3.96. The molecule has 7 nitrogen and oxygen atoms in total. The van der Waals surface area contributed by atoms with E-state index in [1.165, 1.54) is 29.2 Å². The average molecular weight is 545 g/mol. The molecule has 1 N–H and O–H groups in total. The highest BCUT2D eigenvalue weighted by Crippen LogP contribution is 2.38. The molecule has 1 aromatic heterocycles. The number of anilines is 1. The summed E-state index contributed by atoms with van der Waals surface area (Å²) in [6, 6.07) is 13.3. The van der Waals surface area contributed by atoms with Gasteiger partial charge in [0.2, 0.25) is 0 Å². The summed E-state index contributed by atoms with van der Waals surface area (Å²) in [5, 5.41) is 8.01. The Hall–Kier alpha value is -3.81. The molecule has 1 fully saturated rings. The van der Waals surface area contributed by atoms with Crippen LogP contribution in [-0.2, 0) is 16.1 Å². The number of carboxylic acids is 1. The highest BCUT2D eigenvalue weighted by molar-refractivity contribution is 8.00. The number of imide groups is 1. The van der Waals surface area contributed by atoms with E-state index in [9.17, 15) is 35.9 Å². The first-order valence-electron chi connectivity index (χ1n) is 10.3. The van der Waals surface area contributed by atoms with Crippen molar-refractivity contribution in [3.8, 4) is 0 Å². The number of benzene rings is 2. The Morgan fingerprint density at radius 3 is 2.16 bits per heavy atom. The summed E-state index contributed by atoms with van der Waals surface area (Å²) in [5.74, 6) is -3.18. The maximum Gasteiger partial charge on any atom is 0.490 e. The number of halogens is 6. The molecule has 2 aromatic carbocycles. The second-order valence-electron chi connectivity index (χ2n) is 7.59. The first kappa shape index (κ1) is 27.8. The summed E-state index contributed by atoms with van der Waals surface area (Å²) in [6.07, 6.45) is -3.43. The smallest absolute Gasteiger partial charge is 0.475 e. The van der Waals surface area contributed by atoms with Crippen LogP contribution in [0.5, 0.6) is 0 Å².